The molecule has 4 N–H and O–H groups in total. The van der Waals surface area contributed by atoms with Crippen LogP contribution < -0.4 is 16.4 Å². The maximum atomic E-state index is 12.8. The Balaban J connectivity index is 2.23. The summed E-state index contributed by atoms with van der Waals surface area (Å²) in [6.45, 7) is 6.64. The number of anilines is 1. The number of hydrogen-bond acceptors (Lipinski definition) is 5. The fourth-order valence-electron chi connectivity index (χ4n) is 4.23. The van der Waals surface area contributed by atoms with Crippen molar-refractivity contribution in [2.24, 2.45) is 11.7 Å². The van der Waals surface area contributed by atoms with Crippen molar-refractivity contribution in [2.75, 3.05) is 31.2 Å². The van der Waals surface area contributed by atoms with Gasteiger partial charge in [0.15, 0.2) is 9.84 Å². The van der Waals surface area contributed by atoms with E-state index in [2.05, 4.69) is 29.4 Å². The first-order valence-electron chi connectivity index (χ1n) is 10.0. The number of piperidine rings is 1. The zero-order valence-corrected chi connectivity index (χ0v) is 18.0. The number of benzene rings is 1. The Bertz CT molecular complexity index is 748. The van der Waals surface area contributed by atoms with Gasteiger partial charge in [0.25, 0.3) is 0 Å². The maximum absolute atomic E-state index is 12.8. The van der Waals surface area contributed by atoms with E-state index in [1.165, 1.54) is 6.26 Å². The molecule has 1 saturated heterocycles. The van der Waals surface area contributed by atoms with Gasteiger partial charge in [0.1, 0.15) is 5.37 Å². The molecular formula is C20H34N4O3S. The van der Waals surface area contributed by atoms with Crippen LogP contribution in [0.3, 0.4) is 0 Å². The maximum Gasteiger partial charge on any atom is 0.316 e. The van der Waals surface area contributed by atoms with E-state index in [-0.39, 0.29) is 12.0 Å². The van der Waals surface area contributed by atoms with E-state index in [4.69, 9.17) is 5.73 Å². The molecule has 28 heavy (non-hydrogen) atoms. The SMILES string of the molecule is CCCN(C(C)Cc1cccc(NC(N)=O)c1)C(C1CCNCC1)S(C)(=O)=O. The number of urea groups is 1. The highest BCUT2D eigenvalue weighted by atomic mass is 32.2. The predicted molar refractivity (Wildman–Crippen MR) is 114 cm³/mol. The summed E-state index contributed by atoms with van der Waals surface area (Å²) in [7, 11) is -3.22. The number of hydrogen-bond donors (Lipinski definition) is 3. The third kappa shape index (κ3) is 6.46. The minimum Gasteiger partial charge on any atom is -0.351 e. The quantitative estimate of drug-likeness (QED) is 0.579. The molecule has 0 aromatic heterocycles. The zero-order valence-electron chi connectivity index (χ0n) is 17.1. The van der Waals surface area contributed by atoms with Gasteiger partial charge < -0.3 is 16.4 Å². The first kappa shape index (κ1) is 22.6. The number of amides is 2. The standard InChI is InChI=1S/C20H34N4O3S/c1-4-12-24(19(28(3,26)27)17-8-10-22-11-9-17)15(2)13-16-6-5-7-18(14-16)23-20(21)25/h5-7,14-15,17,19,22H,4,8-13H2,1-3H3,(H3,21,23,25). The van der Waals surface area contributed by atoms with Crippen LogP contribution in [0.4, 0.5) is 10.5 Å². The van der Waals surface area contributed by atoms with Gasteiger partial charge in [-0.3, -0.25) is 4.90 Å². The molecule has 0 spiro atoms. The highest BCUT2D eigenvalue weighted by molar-refractivity contribution is 7.91. The Morgan fingerprint density at radius 1 is 1.36 bits per heavy atom. The van der Waals surface area contributed by atoms with E-state index in [1.54, 1.807) is 6.07 Å². The second-order valence-electron chi connectivity index (χ2n) is 7.79. The van der Waals surface area contributed by atoms with Crippen molar-refractivity contribution >= 4 is 21.6 Å². The van der Waals surface area contributed by atoms with Crippen LogP contribution in [0, 0.1) is 5.92 Å². The Hall–Kier alpha value is -1.64. The van der Waals surface area contributed by atoms with Gasteiger partial charge in [-0.05, 0) is 75.9 Å². The van der Waals surface area contributed by atoms with Crippen LogP contribution in [0.15, 0.2) is 24.3 Å². The fourth-order valence-corrected chi connectivity index (χ4v) is 6.01. The van der Waals surface area contributed by atoms with Crippen LogP contribution in [0.1, 0.15) is 38.7 Å². The van der Waals surface area contributed by atoms with Gasteiger partial charge in [-0.15, -0.1) is 0 Å². The van der Waals surface area contributed by atoms with Crippen LogP contribution in [0.25, 0.3) is 0 Å². The van der Waals surface area contributed by atoms with Crippen molar-refractivity contribution in [1.82, 2.24) is 10.2 Å². The monoisotopic (exact) mass is 410 g/mol. The van der Waals surface area contributed by atoms with Gasteiger partial charge in [0, 0.05) is 18.0 Å². The van der Waals surface area contributed by atoms with E-state index in [9.17, 15) is 13.2 Å². The number of carbonyl (C=O) groups is 1. The van der Waals surface area contributed by atoms with Gasteiger partial charge in [0.2, 0.25) is 0 Å². The molecule has 0 radical (unpaired) electrons. The first-order chi connectivity index (χ1) is 13.2. The van der Waals surface area contributed by atoms with Crippen molar-refractivity contribution in [3.05, 3.63) is 29.8 Å². The molecular weight excluding hydrogens is 376 g/mol. The van der Waals surface area contributed by atoms with Crippen molar-refractivity contribution in [1.29, 1.82) is 0 Å². The largest absolute Gasteiger partial charge is 0.351 e. The molecule has 0 bridgehead atoms. The third-order valence-corrected chi connectivity index (χ3v) is 6.86. The molecule has 1 fully saturated rings. The molecule has 1 aliphatic heterocycles. The lowest BCUT2D eigenvalue weighted by Gasteiger charge is -2.41. The minimum absolute atomic E-state index is 0.0541. The Morgan fingerprint density at radius 3 is 2.61 bits per heavy atom. The van der Waals surface area contributed by atoms with Crippen LogP contribution in [-0.4, -0.2) is 56.7 Å². The van der Waals surface area contributed by atoms with Gasteiger partial charge in [-0.2, -0.15) is 0 Å². The molecule has 2 unspecified atom stereocenters. The summed E-state index contributed by atoms with van der Waals surface area (Å²) >= 11 is 0. The number of nitrogens with two attached hydrogens (primary N) is 1. The first-order valence-corrected chi connectivity index (χ1v) is 12.0. The number of carbonyl (C=O) groups excluding carboxylic acids is 1. The molecule has 1 aliphatic rings. The second kappa shape index (κ2) is 10.2. The zero-order chi connectivity index (χ0) is 20.7. The molecule has 7 nitrogen and oxygen atoms in total. The van der Waals surface area contributed by atoms with Crippen LogP contribution in [0.5, 0.6) is 0 Å². The summed E-state index contributed by atoms with van der Waals surface area (Å²) in [5.74, 6) is 0.146. The van der Waals surface area contributed by atoms with Crippen molar-refractivity contribution in [3.63, 3.8) is 0 Å². The summed E-state index contributed by atoms with van der Waals surface area (Å²) < 4.78 is 25.5. The van der Waals surface area contributed by atoms with E-state index >= 15 is 0 Å². The number of rotatable bonds is 9. The molecule has 2 amide bonds. The Kier molecular flexibility index (Phi) is 8.27. The van der Waals surface area contributed by atoms with Crippen LogP contribution >= 0.6 is 0 Å². The summed E-state index contributed by atoms with van der Waals surface area (Å²) in [5.41, 5.74) is 6.89. The molecule has 2 atom stereocenters. The van der Waals surface area contributed by atoms with E-state index < -0.39 is 21.2 Å². The van der Waals surface area contributed by atoms with Gasteiger partial charge in [-0.25, -0.2) is 13.2 Å². The van der Waals surface area contributed by atoms with Crippen molar-refractivity contribution in [2.45, 2.75) is 50.9 Å². The highest BCUT2D eigenvalue weighted by Crippen LogP contribution is 2.28. The summed E-state index contributed by atoms with van der Waals surface area (Å²) in [5, 5.41) is 5.46. The van der Waals surface area contributed by atoms with Gasteiger partial charge in [-0.1, -0.05) is 19.1 Å². The summed E-state index contributed by atoms with van der Waals surface area (Å²) in [4.78, 5) is 13.3. The van der Waals surface area contributed by atoms with Crippen molar-refractivity contribution < 1.29 is 13.2 Å². The molecule has 158 valence electrons. The molecule has 0 saturated carbocycles. The van der Waals surface area contributed by atoms with Gasteiger partial charge in [0.05, 0.1) is 0 Å². The lowest BCUT2D eigenvalue weighted by Crippen LogP contribution is -2.52. The normalized spacial score (nSPS) is 18.0. The van der Waals surface area contributed by atoms with Gasteiger partial charge >= 0.3 is 6.03 Å². The Labute approximate surface area is 169 Å². The van der Waals surface area contributed by atoms with Crippen molar-refractivity contribution in [3.8, 4) is 0 Å². The lowest BCUT2D eigenvalue weighted by atomic mass is 9.95. The second-order valence-corrected chi connectivity index (χ2v) is 9.93. The number of nitrogens with one attached hydrogen (secondary N) is 2. The number of sulfone groups is 1. The van der Waals surface area contributed by atoms with Crippen LogP contribution in [-0.2, 0) is 16.3 Å². The van der Waals surface area contributed by atoms with Crippen LogP contribution in [0.2, 0.25) is 0 Å². The molecule has 1 aromatic rings. The van der Waals surface area contributed by atoms with E-state index in [0.717, 1.165) is 44.5 Å². The highest BCUT2D eigenvalue weighted by Gasteiger charge is 2.37. The fraction of sp³-hybridized carbons (Fsp3) is 0.650. The average molecular weight is 411 g/mol. The molecule has 2 rings (SSSR count). The minimum atomic E-state index is -3.22. The summed E-state index contributed by atoms with van der Waals surface area (Å²) in [6.07, 6.45) is 4.72. The number of primary amides is 1. The Morgan fingerprint density at radius 2 is 2.04 bits per heavy atom. The summed E-state index contributed by atoms with van der Waals surface area (Å²) in [6, 6.07) is 7.01. The number of nitrogens with zero attached hydrogens (tertiary/aromatic N) is 1. The molecule has 0 aliphatic carbocycles. The average Bonchev–Trinajstić information content (AvgIpc) is 2.61. The predicted octanol–water partition coefficient (Wildman–Crippen LogP) is 2.19. The molecule has 1 aromatic carbocycles. The molecule has 1 heterocycles. The van der Waals surface area contributed by atoms with E-state index in [1.807, 2.05) is 18.2 Å². The third-order valence-electron chi connectivity index (χ3n) is 5.33. The van der Waals surface area contributed by atoms with E-state index in [0.29, 0.717) is 12.1 Å². The topological polar surface area (TPSA) is 105 Å². The lowest BCUT2D eigenvalue weighted by molar-refractivity contribution is 0.131. The smallest absolute Gasteiger partial charge is 0.316 e. The molecule has 8 heteroatoms.